The Morgan fingerprint density at radius 3 is 1.81 bits per heavy atom. The molecular formula is C25H30Cl2N2O3. The van der Waals surface area contributed by atoms with E-state index in [-0.39, 0.29) is 23.8 Å². The number of nitrogens with one attached hydrogen (secondary N) is 2. The van der Waals surface area contributed by atoms with Gasteiger partial charge in [0.2, 0.25) is 11.8 Å². The molecular weight excluding hydrogens is 447 g/mol. The van der Waals surface area contributed by atoms with Crippen LogP contribution in [0.2, 0.25) is 10.0 Å². The summed E-state index contributed by atoms with van der Waals surface area (Å²) in [6.45, 7) is 1.52. The minimum Gasteiger partial charge on any atom is -0.391 e. The van der Waals surface area contributed by atoms with E-state index in [0.29, 0.717) is 22.9 Å². The van der Waals surface area contributed by atoms with Gasteiger partial charge in [-0.15, -0.1) is 0 Å². The zero-order valence-electron chi connectivity index (χ0n) is 18.2. The Kier molecular flexibility index (Phi) is 8.97. The maximum Gasteiger partial charge on any atom is 0.245 e. The van der Waals surface area contributed by atoms with Crippen LogP contribution >= 0.6 is 23.2 Å². The summed E-state index contributed by atoms with van der Waals surface area (Å²) in [6, 6.07) is 13.7. The van der Waals surface area contributed by atoms with Crippen LogP contribution in [-0.4, -0.2) is 35.1 Å². The molecule has 2 atom stereocenters. The number of halogens is 2. The van der Waals surface area contributed by atoms with E-state index in [0.717, 1.165) is 36.8 Å². The van der Waals surface area contributed by atoms with Crippen molar-refractivity contribution in [2.24, 2.45) is 5.92 Å². The van der Waals surface area contributed by atoms with Gasteiger partial charge in [-0.05, 0) is 68.0 Å². The van der Waals surface area contributed by atoms with Gasteiger partial charge in [-0.3, -0.25) is 9.59 Å². The Labute approximate surface area is 199 Å². The van der Waals surface area contributed by atoms with E-state index < -0.39 is 12.1 Å². The van der Waals surface area contributed by atoms with Gasteiger partial charge >= 0.3 is 0 Å². The highest BCUT2D eigenvalue weighted by molar-refractivity contribution is 6.30. The Balaban J connectivity index is 1.72. The molecule has 1 saturated carbocycles. The molecule has 172 valence electrons. The first kappa shape index (κ1) is 24.6. The molecule has 2 amide bonds. The van der Waals surface area contributed by atoms with E-state index in [1.807, 2.05) is 48.5 Å². The molecule has 32 heavy (non-hydrogen) atoms. The molecule has 3 rings (SSSR count). The van der Waals surface area contributed by atoms with Crippen molar-refractivity contribution in [2.75, 3.05) is 0 Å². The molecule has 0 radical (unpaired) electrons. The summed E-state index contributed by atoms with van der Waals surface area (Å²) in [4.78, 5) is 25.7. The molecule has 2 aromatic carbocycles. The smallest absolute Gasteiger partial charge is 0.245 e. The molecule has 5 nitrogen and oxygen atoms in total. The fraction of sp³-hybridized carbons (Fsp3) is 0.440. The predicted octanol–water partition coefficient (Wildman–Crippen LogP) is 4.32. The van der Waals surface area contributed by atoms with E-state index in [1.54, 1.807) is 0 Å². The van der Waals surface area contributed by atoms with Crippen LogP contribution in [0.25, 0.3) is 0 Å². The van der Waals surface area contributed by atoms with Crippen LogP contribution in [0.4, 0.5) is 0 Å². The lowest BCUT2D eigenvalue weighted by Crippen LogP contribution is -2.55. The molecule has 0 aliphatic heterocycles. The molecule has 0 aromatic heterocycles. The number of carbonyl (C=O) groups is 2. The van der Waals surface area contributed by atoms with Crippen molar-refractivity contribution in [3.8, 4) is 0 Å². The Bertz CT molecular complexity index is 847. The third-order valence-corrected chi connectivity index (χ3v) is 6.43. The van der Waals surface area contributed by atoms with Crippen LogP contribution in [0.15, 0.2) is 48.5 Å². The lowest BCUT2D eigenvalue weighted by atomic mass is 9.98. The normalized spacial score (nSPS) is 16.0. The van der Waals surface area contributed by atoms with Gasteiger partial charge in [0, 0.05) is 22.0 Å². The second kappa shape index (κ2) is 11.7. The SMILES string of the molecule is CC(O)C(NC(=O)C1CCCC1)C(=O)NC(Cc1ccc(Cl)cc1)Cc1ccc(Cl)cc1. The molecule has 0 heterocycles. The van der Waals surface area contributed by atoms with Crippen LogP contribution in [0.1, 0.15) is 43.7 Å². The summed E-state index contributed by atoms with van der Waals surface area (Å²) in [7, 11) is 0. The highest BCUT2D eigenvalue weighted by Crippen LogP contribution is 2.25. The summed E-state index contributed by atoms with van der Waals surface area (Å²) in [6.07, 6.45) is 3.85. The second-order valence-corrected chi connectivity index (χ2v) is 9.45. The molecule has 0 bridgehead atoms. The third kappa shape index (κ3) is 7.22. The average molecular weight is 477 g/mol. The van der Waals surface area contributed by atoms with E-state index in [9.17, 15) is 14.7 Å². The van der Waals surface area contributed by atoms with Gasteiger partial charge in [-0.25, -0.2) is 0 Å². The van der Waals surface area contributed by atoms with Crippen LogP contribution < -0.4 is 10.6 Å². The average Bonchev–Trinajstić information content (AvgIpc) is 3.30. The summed E-state index contributed by atoms with van der Waals surface area (Å²) in [5, 5.41) is 17.3. The monoisotopic (exact) mass is 476 g/mol. The van der Waals surface area contributed by atoms with E-state index in [4.69, 9.17) is 23.2 Å². The third-order valence-electron chi connectivity index (χ3n) is 5.93. The number of carbonyl (C=O) groups excluding carboxylic acids is 2. The van der Waals surface area contributed by atoms with E-state index in [2.05, 4.69) is 10.6 Å². The fourth-order valence-electron chi connectivity index (χ4n) is 4.14. The minimum absolute atomic E-state index is 0.0806. The van der Waals surface area contributed by atoms with Crippen molar-refractivity contribution in [3.63, 3.8) is 0 Å². The first-order valence-electron chi connectivity index (χ1n) is 11.1. The number of aliphatic hydroxyl groups excluding tert-OH is 1. The minimum atomic E-state index is -1.01. The fourth-order valence-corrected chi connectivity index (χ4v) is 4.39. The van der Waals surface area contributed by atoms with Crippen LogP contribution in [-0.2, 0) is 22.4 Å². The summed E-state index contributed by atoms with van der Waals surface area (Å²) in [5.41, 5.74) is 2.05. The van der Waals surface area contributed by atoms with Crippen molar-refractivity contribution in [1.82, 2.24) is 10.6 Å². The van der Waals surface area contributed by atoms with Gasteiger partial charge in [0.1, 0.15) is 6.04 Å². The van der Waals surface area contributed by atoms with Crippen molar-refractivity contribution >= 4 is 35.0 Å². The van der Waals surface area contributed by atoms with Crippen molar-refractivity contribution < 1.29 is 14.7 Å². The number of amides is 2. The first-order chi connectivity index (χ1) is 15.3. The maximum atomic E-state index is 13.1. The zero-order chi connectivity index (χ0) is 23.1. The highest BCUT2D eigenvalue weighted by Gasteiger charge is 2.31. The molecule has 1 fully saturated rings. The van der Waals surface area contributed by atoms with Gasteiger partial charge in [0.25, 0.3) is 0 Å². The summed E-state index contributed by atoms with van der Waals surface area (Å²) >= 11 is 12.0. The summed E-state index contributed by atoms with van der Waals surface area (Å²) in [5.74, 6) is -0.627. The lowest BCUT2D eigenvalue weighted by Gasteiger charge is -2.26. The standard InChI is InChI=1S/C25H30Cl2N2O3/c1-16(30)23(29-24(31)19-4-2-3-5-19)25(32)28-22(14-17-6-10-20(26)11-7-17)15-18-8-12-21(27)13-9-18/h6-13,16,19,22-23,30H,2-5,14-15H2,1H3,(H,28,32)(H,29,31). The van der Waals surface area contributed by atoms with Crippen molar-refractivity contribution in [1.29, 1.82) is 0 Å². The molecule has 2 unspecified atom stereocenters. The second-order valence-electron chi connectivity index (χ2n) is 8.57. The van der Waals surface area contributed by atoms with Crippen LogP contribution in [0.5, 0.6) is 0 Å². The summed E-state index contributed by atoms with van der Waals surface area (Å²) < 4.78 is 0. The Hall–Kier alpha value is -2.08. The number of rotatable bonds is 9. The number of hydrogen-bond acceptors (Lipinski definition) is 3. The van der Waals surface area contributed by atoms with Crippen molar-refractivity contribution in [2.45, 2.75) is 63.6 Å². The number of benzene rings is 2. The molecule has 3 N–H and O–H groups in total. The molecule has 0 saturated heterocycles. The Morgan fingerprint density at radius 1 is 0.906 bits per heavy atom. The molecule has 7 heteroatoms. The predicted molar refractivity (Wildman–Crippen MR) is 128 cm³/mol. The van der Waals surface area contributed by atoms with Crippen LogP contribution in [0.3, 0.4) is 0 Å². The first-order valence-corrected chi connectivity index (χ1v) is 11.8. The van der Waals surface area contributed by atoms with Gasteiger partial charge in [0.15, 0.2) is 0 Å². The van der Waals surface area contributed by atoms with Crippen LogP contribution in [0, 0.1) is 5.92 Å². The van der Waals surface area contributed by atoms with Gasteiger partial charge in [-0.2, -0.15) is 0 Å². The van der Waals surface area contributed by atoms with E-state index >= 15 is 0 Å². The zero-order valence-corrected chi connectivity index (χ0v) is 19.7. The van der Waals surface area contributed by atoms with Crippen molar-refractivity contribution in [3.05, 3.63) is 69.7 Å². The lowest BCUT2D eigenvalue weighted by molar-refractivity contribution is -0.133. The van der Waals surface area contributed by atoms with Gasteiger partial charge in [0.05, 0.1) is 6.10 Å². The maximum absolute atomic E-state index is 13.1. The molecule has 2 aromatic rings. The molecule has 0 spiro atoms. The highest BCUT2D eigenvalue weighted by atomic mass is 35.5. The largest absolute Gasteiger partial charge is 0.391 e. The number of aliphatic hydroxyl groups is 1. The van der Waals surface area contributed by atoms with E-state index in [1.165, 1.54) is 6.92 Å². The molecule has 1 aliphatic rings. The van der Waals surface area contributed by atoms with Gasteiger partial charge < -0.3 is 15.7 Å². The number of hydrogen-bond donors (Lipinski definition) is 3. The molecule has 1 aliphatic carbocycles. The topological polar surface area (TPSA) is 78.4 Å². The van der Waals surface area contributed by atoms with Gasteiger partial charge in [-0.1, -0.05) is 60.3 Å². The quantitative estimate of drug-likeness (QED) is 0.504. The Morgan fingerprint density at radius 2 is 1.38 bits per heavy atom.